The molecule has 0 unspecified atom stereocenters. The number of nitrogens with one attached hydrogen (secondary N) is 1. The second kappa shape index (κ2) is 6.70. The van der Waals surface area contributed by atoms with E-state index in [1.165, 1.54) is 12.8 Å². The van der Waals surface area contributed by atoms with E-state index in [0.29, 0.717) is 11.5 Å². The van der Waals surface area contributed by atoms with E-state index in [0.717, 1.165) is 25.3 Å². The molecule has 5 nitrogen and oxygen atoms in total. The molecule has 1 aliphatic rings. The van der Waals surface area contributed by atoms with Crippen molar-refractivity contribution in [3.63, 3.8) is 0 Å². The van der Waals surface area contributed by atoms with E-state index in [9.17, 15) is 4.79 Å². The maximum Gasteiger partial charge on any atom is 0.255 e. The van der Waals surface area contributed by atoms with Crippen molar-refractivity contribution < 1.29 is 4.79 Å². The van der Waals surface area contributed by atoms with E-state index in [1.807, 2.05) is 19.0 Å². The van der Waals surface area contributed by atoms with Gasteiger partial charge in [-0.1, -0.05) is 0 Å². The minimum absolute atomic E-state index is 0.0654. The SMILES string of the molecule is CNc1cnccc1C(=O)N(C)CC1CCN(C)CC1. The average molecular weight is 276 g/mol. The predicted octanol–water partition coefficient (Wildman–Crippen LogP) is 1.54. The summed E-state index contributed by atoms with van der Waals surface area (Å²) in [6.07, 6.45) is 5.70. The Morgan fingerprint density at radius 2 is 2.20 bits per heavy atom. The van der Waals surface area contributed by atoms with E-state index in [-0.39, 0.29) is 5.91 Å². The summed E-state index contributed by atoms with van der Waals surface area (Å²) in [7, 11) is 5.85. The second-order valence-corrected chi connectivity index (χ2v) is 5.60. The average Bonchev–Trinajstić information content (AvgIpc) is 2.48. The number of rotatable bonds is 4. The molecule has 5 heteroatoms. The summed E-state index contributed by atoms with van der Waals surface area (Å²) in [4.78, 5) is 20.7. The molecule has 2 rings (SSSR count). The number of amides is 1. The highest BCUT2D eigenvalue weighted by atomic mass is 16.2. The summed E-state index contributed by atoms with van der Waals surface area (Å²) in [6.45, 7) is 3.09. The largest absolute Gasteiger partial charge is 0.386 e. The first-order valence-corrected chi connectivity index (χ1v) is 7.17. The molecule has 1 aliphatic heterocycles. The fourth-order valence-corrected chi connectivity index (χ4v) is 2.70. The monoisotopic (exact) mass is 276 g/mol. The van der Waals surface area contributed by atoms with E-state index in [4.69, 9.17) is 0 Å². The first kappa shape index (κ1) is 14.8. The summed E-state index contributed by atoms with van der Waals surface area (Å²) in [6, 6.07) is 1.78. The first-order chi connectivity index (χ1) is 9.61. The van der Waals surface area contributed by atoms with Crippen LogP contribution >= 0.6 is 0 Å². The quantitative estimate of drug-likeness (QED) is 0.906. The van der Waals surface area contributed by atoms with Gasteiger partial charge in [0.25, 0.3) is 5.91 Å². The van der Waals surface area contributed by atoms with Crippen molar-refractivity contribution in [2.24, 2.45) is 5.92 Å². The van der Waals surface area contributed by atoms with Gasteiger partial charge >= 0.3 is 0 Å². The second-order valence-electron chi connectivity index (χ2n) is 5.60. The molecule has 110 valence electrons. The van der Waals surface area contributed by atoms with Crippen LogP contribution in [0.5, 0.6) is 0 Å². The van der Waals surface area contributed by atoms with Gasteiger partial charge in [0.05, 0.1) is 17.4 Å². The molecule has 1 saturated heterocycles. The molecule has 0 radical (unpaired) electrons. The predicted molar refractivity (Wildman–Crippen MR) is 81.0 cm³/mol. The van der Waals surface area contributed by atoms with Crippen molar-refractivity contribution in [2.45, 2.75) is 12.8 Å². The van der Waals surface area contributed by atoms with Gasteiger partial charge in [-0.15, -0.1) is 0 Å². The minimum atomic E-state index is 0.0654. The zero-order chi connectivity index (χ0) is 14.5. The van der Waals surface area contributed by atoms with Crippen LogP contribution in [-0.2, 0) is 0 Å². The highest BCUT2D eigenvalue weighted by Gasteiger charge is 2.22. The Bertz CT molecular complexity index is 455. The van der Waals surface area contributed by atoms with Gasteiger partial charge in [-0.2, -0.15) is 0 Å². The smallest absolute Gasteiger partial charge is 0.255 e. The van der Waals surface area contributed by atoms with Gasteiger partial charge in [-0.3, -0.25) is 9.78 Å². The lowest BCUT2D eigenvalue weighted by molar-refractivity contribution is 0.0748. The number of likely N-dealkylation sites (tertiary alicyclic amines) is 1. The van der Waals surface area contributed by atoms with Crippen LogP contribution in [0, 0.1) is 5.92 Å². The lowest BCUT2D eigenvalue weighted by Crippen LogP contribution is -2.38. The summed E-state index contributed by atoms with van der Waals surface area (Å²) in [5.74, 6) is 0.677. The number of hydrogen-bond acceptors (Lipinski definition) is 4. The summed E-state index contributed by atoms with van der Waals surface area (Å²) in [5, 5.41) is 3.02. The number of nitrogens with zero attached hydrogens (tertiary/aromatic N) is 3. The van der Waals surface area contributed by atoms with Crippen LogP contribution in [0.1, 0.15) is 23.2 Å². The zero-order valence-electron chi connectivity index (χ0n) is 12.6. The molecular weight excluding hydrogens is 252 g/mol. The van der Waals surface area contributed by atoms with Crippen LogP contribution in [0.25, 0.3) is 0 Å². The van der Waals surface area contributed by atoms with Crippen LogP contribution in [0.2, 0.25) is 0 Å². The van der Waals surface area contributed by atoms with Crippen molar-refractivity contribution in [1.29, 1.82) is 0 Å². The Hall–Kier alpha value is -1.62. The number of pyridine rings is 1. The molecule has 0 saturated carbocycles. The summed E-state index contributed by atoms with van der Waals surface area (Å²) in [5.41, 5.74) is 1.48. The van der Waals surface area contributed by atoms with Crippen molar-refractivity contribution in [3.05, 3.63) is 24.0 Å². The Morgan fingerprint density at radius 3 is 2.85 bits per heavy atom. The van der Waals surface area contributed by atoms with Gasteiger partial charge in [0.15, 0.2) is 0 Å². The Kier molecular flexibility index (Phi) is 4.95. The minimum Gasteiger partial charge on any atom is -0.386 e. The Morgan fingerprint density at radius 1 is 1.50 bits per heavy atom. The normalized spacial score (nSPS) is 16.9. The van der Waals surface area contributed by atoms with Gasteiger partial charge in [0.2, 0.25) is 0 Å². The third kappa shape index (κ3) is 3.48. The number of carbonyl (C=O) groups is 1. The van der Waals surface area contributed by atoms with E-state index in [1.54, 1.807) is 18.5 Å². The van der Waals surface area contributed by atoms with E-state index >= 15 is 0 Å². The van der Waals surface area contributed by atoms with E-state index in [2.05, 4.69) is 22.2 Å². The van der Waals surface area contributed by atoms with Crippen molar-refractivity contribution >= 4 is 11.6 Å². The van der Waals surface area contributed by atoms with Gasteiger partial charge in [0, 0.05) is 26.8 Å². The number of carbonyl (C=O) groups excluding carboxylic acids is 1. The molecule has 1 N–H and O–H groups in total. The highest BCUT2D eigenvalue weighted by Crippen LogP contribution is 2.19. The van der Waals surface area contributed by atoms with Crippen LogP contribution in [0.3, 0.4) is 0 Å². The topological polar surface area (TPSA) is 48.5 Å². The lowest BCUT2D eigenvalue weighted by Gasteiger charge is -2.31. The maximum absolute atomic E-state index is 12.5. The van der Waals surface area contributed by atoms with Crippen molar-refractivity contribution in [1.82, 2.24) is 14.8 Å². The third-order valence-corrected chi connectivity index (χ3v) is 4.04. The van der Waals surface area contributed by atoms with Crippen LogP contribution in [0.15, 0.2) is 18.5 Å². The molecule has 1 fully saturated rings. The third-order valence-electron chi connectivity index (χ3n) is 4.04. The number of piperidine rings is 1. The molecule has 1 aromatic heterocycles. The van der Waals surface area contributed by atoms with Gasteiger partial charge in [-0.25, -0.2) is 0 Å². The van der Waals surface area contributed by atoms with Crippen molar-refractivity contribution in [2.75, 3.05) is 46.1 Å². The number of aromatic nitrogens is 1. The molecule has 0 spiro atoms. The van der Waals surface area contributed by atoms with Crippen LogP contribution in [0.4, 0.5) is 5.69 Å². The molecule has 2 heterocycles. The van der Waals surface area contributed by atoms with Crippen molar-refractivity contribution in [3.8, 4) is 0 Å². The van der Waals surface area contributed by atoms with Crippen LogP contribution < -0.4 is 5.32 Å². The standard InChI is InChI=1S/C15H24N4O/c1-16-14-10-17-7-4-13(14)15(20)19(3)11-12-5-8-18(2)9-6-12/h4,7,10,12,16H,5-6,8-9,11H2,1-3H3. The fraction of sp³-hybridized carbons (Fsp3) is 0.600. The molecule has 0 atom stereocenters. The highest BCUT2D eigenvalue weighted by molar-refractivity contribution is 5.99. The number of anilines is 1. The fourth-order valence-electron chi connectivity index (χ4n) is 2.70. The van der Waals surface area contributed by atoms with E-state index < -0.39 is 0 Å². The summed E-state index contributed by atoms with van der Waals surface area (Å²) < 4.78 is 0. The first-order valence-electron chi connectivity index (χ1n) is 7.17. The molecule has 1 aromatic rings. The molecule has 1 amide bonds. The molecule has 20 heavy (non-hydrogen) atoms. The Labute approximate surface area is 121 Å². The summed E-state index contributed by atoms with van der Waals surface area (Å²) >= 11 is 0. The van der Waals surface area contributed by atoms with Crippen LogP contribution in [-0.4, -0.2) is 61.5 Å². The molecule has 0 aromatic carbocycles. The zero-order valence-corrected chi connectivity index (χ0v) is 12.6. The number of hydrogen-bond donors (Lipinski definition) is 1. The lowest BCUT2D eigenvalue weighted by atomic mass is 9.96. The molecular formula is C15H24N4O. The maximum atomic E-state index is 12.5. The van der Waals surface area contributed by atoms with Gasteiger partial charge in [-0.05, 0) is 45.0 Å². The van der Waals surface area contributed by atoms with Gasteiger partial charge < -0.3 is 15.1 Å². The Balaban J connectivity index is 1.98. The van der Waals surface area contributed by atoms with Gasteiger partial charge in [0.1, 0.15) is 0 Å². The molecule has 0 aliphatic carbocycles. The molecule has 0 bridgehead atoms.